The van der Waals surface area contributed by atoms with Gasteiger partial charge in [0.25, 0.3) is 0 Å². The highest BCUT2D eigenvalue weighted by atomic mass is 16.5. The average Bonchev–Trinajstić information content (AvgIpc) is 3.13. The molecule has 1 heterocycles. The second-order valence-corrected chi connectivity index (χ2v) is 9.90. The monoisotopic (exact) mass is 437 g/mol. The zero-order chi connectivity index (χ0) is 22.7. The van der Waals surface area contributed by atoms with Crippen LogP contribution < -0.4 is 5.32 Å². The quantitative estimate of drug-likeness (QED) is 0.515. The number of likely N-dealkylation sites (tertiary alicyclic amines) is 1. The maximum Gasteiger partial charge on any atom is 0.243 e. The molecule has 8 unspecified atom stereocenters. The van der Waals surface area contributed by atoms with E-state index >= 15 is 0 Å². The molecule has 176 valence electrons. The number of nitrogens with zero attached hydrogens (tertiary/aromatic N) is 2. The fourth-order valence-corrected chi connectivity index (χ4v) is 5.61. The topological polar surface area (TPSA) is 102 Å². The normalized spacial score (nSPS) is 38.5. The predicted molar refractivity (Wildman–Crippen MR) is 117 cm³/mol. The molecule has 8 nitrogen and oxygen atoms in total. The summed E-state index contributed by atoms with van der Waals surface area (Å²) in [6.45, 7) is 3.95. The Hall–Kier alpha value is -1.48. The molecule has 8 heteroatoms. The van der Waals surface area contributed by atoms with E-state index in [1.165, 1.54) is 7.11 Å². The van der Waals surface area contributed by atoms with Gasteiger partial charge in [0.2, 0.25) is 11.8 Å². The summed E-state index contributed by atoms with van der Waals surface area (Å²) in [7, 11) is 5.46. The minimum atomic E-state index is -0.896. The van der Waals surface area contributed by atoms with Crippen molar-refractivity contribution in [2.75, 3.05) is 40.8 Å². The van der Waals surface area contributed by atoms with Gasteiger partial charge in [-0.2, -0.15) is 0 Å². The molecule has 2 amide bonds. The van der Waals surface area contributed by atoms with Crippen molar-refractivity contribution in [2.45, 2.75) is 57.0 Å². The van der Waals surface area contributed by atoms with Crippen LogP contribution in [-0.2, 0) is 14.3 Å². The molecule has 0 spiro atoms. The number of ether oxygens (including phenoxy) is 1. The van der Waals surface area contributed by atoms with Crippen molar-refractivity contribution in [3.63, 3.8) is 0 Å². The SMILES string of the molecule is COC1C(C)C(O)CC(O)C1C(=O)N1CC2CCC(NC(=O)/C=C/CN(C)C)CC2C1. The summed E-state index contributed by atoms with van der Waals surface area (Å²) in [5, 5.41) is 23.8. The largest absolute Gasteiger partial charge is 0.393 e. The molecule has 3 fully saturated rings. The second-order valence-electron chi connectivity index (χ2n) is 9.90. The molecule has 3 rings (SSSR count). The van der Waals surface area contributed by atoms with Crippen LogP contribution in [-0.4, -0.2) is 97.0 Å². The minimum absolute atomic E-state index is 0.0583. The van der Waals surface area contributed by atoms with Crippen LogP contribution in [0.3, 0.4) is 0 Å². The minimum Gasteiger partial charge on any atom is -0.393 e. The van der Waals surface area contributed by atoms with Crippen LogP contribution in [0.15, 0.2) is 12.2 Å². The molecule has 0 aromatic carbocycles. The summed E-state index contributed by atoms with van der Waals surface area (Å²) in [6, 6.07) is 0.134. The lowest BCUT2D eigenvalue weighted by Gasteiger charge is -2.42. The van der Waals surface area contributed by atoms with Crippen LogP contribution in [0.4, 0.5) is 0 Å². The first-order valence-corrected chi connectivity index (χ1v) is 11.5. The maximum absolute atomic E-state index is 13.3. The summed E-state index contributed by atoms with van der Waals surface area (Å²) in [4.78, 5) is 29.4. The van der Waals surface area contributed by atoms with Gasteiger partial charge in [0.15, 0.2) is 0 Å². The predicted octanol–water partition coefficient (Wildman–Crippen LogP) is 0.240. The van der Waals surface area contributed by atoms with Gasteiger partial charge in [-0.15, -0.1) is 0 Å². The van der Waals surface area contributed by atoms with Gasteiger partial charge >= 0.3 is 0 Å². The molecule has 0 aromatic rings. The van der Waals surface area contributed by atoms with Gasteiger partial charge in [0.1, 0.15) is 0 Å². The second kappa shape index (κ2) is 10.4. The van der Waals surface area contributed by atoms with Crippen LogP contribution in [0, 0.1) is 23.7 Å². The molecule has 31 heavy (non-hydrogen) atoms. The van der Waals surface area contributed by atoms with E-state index < -0.39 is 24.2 Å². The Kier molecular flexibility index (Phi) is 8.13. The molecule has 0 aromatic heterocycles. The first kappa shape index (κ1) is 24.2. The lowest BCUT2D eigenvalue weighted by atomic mass is 9.75. The third-order valence-corrected chi connectivity index (χ3v) is 7.38. The fourth-order valence-electron chi connectivity index (χ4n) is 5.61. The summed E-state index contributed by atoms with van der Waals surface area (Å²) in [5.74, 6) is -0.172. The molecule has 1 saturated heterocycles. The van der Waals surface area contributed by atoms with Gasteiger partial charge in [-0.25, -0.2) is 0 Å². The van der Waals surface area contributed by atoms with E-state index in [9.17, 15) is 19.8 Å². The summed E-state index contributed by atoms with van der Waals surface area (Å²) < 4.78 is 5.54. The summed E-state index contributed by atoms with van der Waals surface area (Å²) >= 11 is 0. The van der Waals surface area contributed by atoms with Crippen molar-refractivity contribution >= 4 is 11.8 Å². The molecular weight excluding hydrogens is 398 g/mol. The van der Waals surface area contributed by atoms with Crippen molar-refractivity contribution in [1.82, 2.24) is 15.1 Å². The van der Waals surface area contributed by atoms with Crippen LogP contribution in [0.25, 0.3) is 0 Å². The number of aliphatic hydroxyl groups excluding tert-OH is 2. The number of hydrogen-bond acceptors (Lipinski definition) is 6. The Labute approximate surface area is 185 Å². The van der Waals surface area contributed by atoms with Crippen LogP contribution in [0.1, 0.15) is 32.6 Å². The third-order valence-electron chi connectivity index (χ3n) is 7.38. The molecular formula is C23H39N3O5. The smallest absolute Gasteiger partial charge is 0.243 e. The Morgan fingerprint density at radius 3 is 2.52 bits per heavy atom. The third kappa shape index (κ3) is 5.66. The first-order valence-electron chi connectivity index (χ1n) is 11.5. The van der Waals surface area contributed by atoms with E-state index in [-0.39, 0.29) is 30.2 Å². The van der Waals surface area contributed by atoms with E-state index in [1.54, 1.807) is 6.08 Å². The first-order chi connectivity index (χ1) is 14.7. The van der Waals surface area contributed by atoms with Gasteiger partial charge < -0.3 is 30.1 Å². The summed E-state index contributed by atoms with van der Waals surface area (Å²) in [6.07, 6.45) is 4.38. The Morgan fingerprint density at radius 2 is 1.84 bits per heavy atom. The molecule has 2 aliphatic carbocycles. The van der Waals surface area contributed by atoms with Crippen molar-refractivity contribution in [1.29, 1.82) is 0 Å². The van der Waals surface area contributed by atoms with Crippen LogP contribution in [0.2, 0.25) is 0 Å². The number of amides is 2. The molecule has 1 aliphatic heterocycles. The number of methoxy groups -OCH3 is 1. The number of likely N-dealkylation sites (N-methyl/N-ethyl adjacent to an activating group) is 1. The number of rotatable bonds is 6. The molecule has 0 radical (unpaired) electrons. The Morgan fingerprint density at radius 1 is 1.13 bits per heavy atom. The zero-order valence-corrected chi connectivity index (χ0v) is 19.2. The zero-order valence-electron chi connectivity index (χ0n) is 19.2. The van der Waals surface area contributed by atoms with E-state index in [0.717, 1.165) is 25.8 Å². The van der Waals surface area contributed by atoms with Crippen molar-refractivity contribution in [2.24, 2.45) is 23.7 Å². The highest BCUT2D eigenvalue weighted by molar-refractivity contribution is 5.87. The van der Waals surface area contributed by atoms with E-state index in [4.69, 9.17) is 4.74 Å². The lowest BCUT2D eigenvalue weighted by molar-refractivity contribution is -0.162. The van der Waals surface area contributed by atoms with Gasteiger partial charge in [-0.1, -0.05) is 13.0 Å². The van der Waals surface area contributed by atoms with Crippen molar-refractivity contribution < 1.29 is 24.5 Å². The van der Waals surface area contributed by atoms with E-state index in [1.807, 2.05) is 36.9 Å². The Bertz CT molecular complexity index is 670. The Balaban J connectivity index is 1.56. The molecule has 2 saturated carbocycles. The van der Waals surface area contributed by atoms with E-state index in [0.29, 0.717) is 24.9 Å². The molecule has 0 bridgehead atoms. The lowest BCUT2D eigenvalue weighted by Crippen LogP contribution is -2.55. The number of carbonyl (C=O) groups is 2. The highest BCUT2D eigenvalue weighted by Crippen LogP contribution is 2.39. The number of aliphatic hydroxyl groups is 2. The molecule has 3 aliphatic rings. The van der Waals surface area contributed by atoms with Crippen molar-refractivity contribution in [3.8, 4) is 0 Å². The molecule has 8 atom stereocenters. The standard InChI is InChI=1S/C23H39N3O5/c1-14-18(27)11-19(28)21(22(14)31-4)23(30)26-12-15-7-8-17(10-16(15)13-26)24-20(29)6-5-9-25(2)3/h5-6,14-19,21-22,27-28H,7-13H2,1-4H3,(H,24,29)/b6-5+. The number of hydrogen-bond donors (Lipinski definition) is 3. The van der Waals surface area contributed by atoms with Gasteiger partial charge in [-0.3, -0.25) is 9.59 Å². The summed E-state index contributed by atoms with van der Waals surface area (Å²) in [5.41, 5.74) is 0. The maximum atomic E-state index is 13.3. The van der Waals surface area contributed by atoms with E-state index in [2.05, 4.69) is 5.32 Å². The van der Waals surface area contributed by atoms with Crippen LogP contribution >= 0.6 is 0 Å². The van der Waals surface area contributed by atoms with Gasteiger partial charge in [0.05, 0.1) is 24.2 Å². The van der Waals surface area contributed by atoms with Crippen molar-refractivity contribution in [3.05, 3.63) is 12.2 Å². The fraction of sp³-hybridized carbons (Fsp3) is 0.826. The number of fused-ring (bicyclic) bond motifs is 1. The highest BCUT2D eigenvalue weighted by Gasteiger charge is 2.49. The van der Waals surface area contributed by atoms with Gasteiger partial charge in [0, 0.05) is 51.2 Å². The van der Waals surface area contributed by atoms with Crippen LogP contribution in [0.5, 0.6) is 0 Å². The molecule has 3 N–H and O–H groups in total. The average molecular weight is 438 g/mol. The van der Waals surface area contributed by atoms with Gasteiger partial charge in [-0.05, 0) is 45.2 Å². The number of nitrogens with one attached hydrogen (secondary N) is 1. The number of carbonyl (C=O) groups excluding carboxylic acids is 2.